The predicted molar refractivity (Wildman–Crippen MR) is 83.8 cm³/mol. The second-order valence-electron chi connectivity index (χ2n) is 7.48. The summed E-state index contributed by atoms with van der Waals surface area (Å²) >= 11 is 0. The van der Waals surface area contributed by atoms with Crippen molar-refractivity contribution in [2.24, 2.45) is 5.41 Å². The zero-order chi connectivity index (χ0) is 15.7. The van der Waals surface area contributed by atoms with E-state index in [1.807, 2.05) is 18.7 Å². The van der Waals surface area contributed by atoms with Crippen LogP contribution in [0.1, 0.15) is 72.6 Å². The molecule has 1 N–H and O–H groups in total. The molecule has 0 aromatic carbocycles. The third kappa shape index (κ3) is 3.24. The van der Waals surface area contributed by atoms with Crippen LogP contribution in [0, 0.1) is 5.41 Å². The summed E-state index contributed by atoms with van der Waals surface area (Å²) in [6, 6.07) is 0.315. The van der Waals surface area contributed by atoms with E-state index in [-0.39, 0.29) is 11.8 Å². The zero-order valence-corrected chi connectivity index (χ0v) is 14.0. The third-order valence-electron chi connectivity index (χ3n) is 5.59. The molecule has 2 fully saturated rings. The number of carbonyl (C=O) groups is 2. The first kappa shape index (κ1) is 16.3. The van der Waals surface area contributed by atoms with Gasteiger partial charge in [0, 0.05) is 19.0 Å². The van der Waals surface area contributed by atoms with E-state index in [1.54, 1.807) is 0 Å². The maximum absolute atomic E-state index is 13.0. The van der Waals surface area contributed by atoms with E-state index in [2.05, 4.69) is 19.2 Å². The summed E-state index contributed by atoms with van der Waals surface area (Å²) in [7, 11) is 0. The molecule has 0 spiro atoms. The fourth-order valence-electron chi connectivity index (χ4n) is 3.75. The quantitative estimate of drug-likeness (QED) is 0.870. The van der Waals surface area contributed by atoms with Crippen LogP contribution >= 0.6 is 0 Å². The first-order chi connectivity index (χ1) is 9.83. The molecule has 1 saturated carbocycles. The second kappa shape index (κ2) is 5.98. The largest absolute Gasteiger partial charge is 0.342 e. The summed E-state index contributed by atoms with van der Waals surface area (Å²) in [5.74, 6) is 0.161. The summed E-state index contributed by atoms with van der Waals surface area (Å²) < 4.78 is 0. The first-order valence-electron chi connectivity index (χ1n) is 8.45. The number of hydrogen-bond donors (Lipinski definition) is 1. The monoisotopic (exact) mass is 294 g/mol. The molecule has 4 nitrogen and oxygen atoms in total. The Morgan fingerprint density at radius 3 is 2.24 bits per heavy atom. The third-order valence-corrected chi connectivity index (χ3v) is 5.59. The highest BCUT2D eigenvalue weighted by atomic mass is 16.2. The molecule has 0 atom stereocenters. The van der Waals surface area contributed by atoms with Crippen molar-refractivity contribution in [3.8, 4) is 0 Å². The van der Waals surface area contributed by atoms with E-state index in [9.17, 15) is 9.59 Å². The van der Waals surface area contributed by atoms with Crippen molar-refractivity contribution >= 4 is 11.8 Å². The van der Waals surface area contributed by atoms with Crippen molar-refractivity contribution in [3.63, 3.8) is 0 Å². The maximum Gasteiger partial charge on any atom is 0.248 e. The SMILES string of the molecule is CCC1(CC)NC(=O)CCN(C2CCC(C)(C)CC2)C1=O. The molecule has 0 unspecified atom stereocenters. The van der Waals surface area contributed by atoms with Crippen LogP contribution in [0.3, 0.4) is 0 Å². The first-order valence-corrected chi connectivity index (χ1v) is 8.45. The molecule has 1 aliphatic carbocycles. The van der Waals surface area contributed by atoms with Gasteiger partial charge >= 0.3 is 0 Å². The lowest BCUT2D eigenvalue weighted by atomic mass is 9.75. The molecule has 4 heteroatoms. The lowest BCUT2D eigenvalue weighted by Gasteiger charge is -2.42. The fraction of sp³-hybridized carbons (Fsp3) is 0.882. The fourth-order valence-corrected chi connectivity index (χ4v) is 3.75. The normalized spacial score (nSPS) is 26.4. The lowest BCUT2D eigenvalue weighted by Crippen LogP contribution is -2.58. The van der Waals surface area contributed by atoms with Crippen LogP contribution in [0.5, 0.6) is 0 Å². The summed E-state index contributed by atoms with van der Waals surface area (Å²) in [6.07, 6.45) is 6.23. The zero-order valence-electron chi connectivity index (χ0n) is 14.0. The molecular formula is C17H30N2O2. The molecule has 21 heavy (non-hydrogen) atoms. The molecule has 1 saturated heterocycles. The smallest absolute Gasteiger partial charge is 0.248 e. The van der Waals surface area contributed by atoms with Gasteiger partial charge in [0.15, 0.2) is 0 Å². The Morgan fingerprint density at radius 2 is 1.71 bits per heavy atom. The Hall–Kier alpha value is -1.06. The van der Waals surface area contributed by atoms with Gasteiger partial charge in [0.1, 0.15) is 5.54 Å². The number of amides is 2. The van der Waals surface area contributed by atoms with Gasteiger partial charge in [-0.1, -0.05) is 27.7 Å². The summed E-state index contributed by atoms with van der Waals surface area (Å²) in [5, 5.41) is 3.00. The average Bonchev–Trinajstić information content (AvgIpc) is 2.57. The highest BCUT2D eigenvalue weighted by Crippen LogP contribution is 2.38. The van der Waals surface area contributed by atoms with Gasteiger partial charge in [-0.25, -0.2) is 0 Å². The van der Waals surface area contributed by atoms with Crippen molar-refractivity contribution in [1.82, 2.24) is 10.2 Å². The van der Waals surface area contributed by atoms with E-state index in [4.69, 9.17) is 0 Å². The van der Waals surface area contributed by atoms with E-state index in [1.165, 1.54) is 0 Å². The summed E-state index contributed by atoms with van der Waals surface area (Å²) in [5.41, 5.74) is -0.285. The molecule has 0 aromatic rings. The van der Waals surface area contributed by atoms with Crippen molar-refractivity contribution in [1.29, 1.82) is 0 Å². The van der Waals surface area contributed by atoms with Gasteiger partial charge in [-0.3, -0.25) is 9.59 Å². The summed E-state index contributed by atoms with van der Waals surface area (Å²) in [4.78, 5) is 27.1. The van der Waals surface area contributed by atoms with Gasteiger partial charge in [0.2, 0.25) is 11.8 Å². The molecule has 0 radical (unpaired) electrons. The molecule has 2 rings (SSSR count). The molecule has 0 bridgehead atoms. The minimum atomic E-state index is -0.680. The van der Waals surface area contributed by atoms with Crippen LogP contribution in [0.2, 0.25) is 0 Å². The average molecular weight is 294 g/mol. The van der Waals surface area contributed by atoms with Crippen LogP contribution in [0.25, 0.3) is 0 Å². The number of nitrogens with zero attached hydrogens (tertiary/aromatic N) is 1. The molecule has 1 heterocycles. The molecular weight excluding hydrogens is 264 g/mol. The Bertz CT molecular complexity index is 403. The minimum Gasteiger partial charge on any atom is -0.342 e. The highest BCUT2D eigenvalue weighted by molar-refractivity contribution is 5.93. The standard InChI is InChI=1S/C17H30N2O2/c1-5-17(6-2)15(21)19(12-9-14(20)18-17)13-7-10-16(3,4)11-8-13/h13H,5-12H2,1-4H3,(H,18,20). The van der Waals surface area contributed by atoms with Gasteiger partial charge in [-0.2, -0.15) is 0 Å². The topological polar surface area (TPSA) is 49.4 Å². The molecule has 2 amide bonds. The van der Waals surface area contributed by atoms with E-state index in [0.717, 1.165) is 25.7 Å². The Kier molecular flexibility index (Phi) is 4.64. The molecule has 0 aromatic heterocycles. The highest BCUT2D eigenvalue weighted by Gasteiger charge is 2.44. The van der Waals surface area contributed by atoms with Crippen molar-refractivity contribution in [2.45, 2.75) is 84.2 Å². The summed E-state index contributed by atoms with van der Waals surface area (Å²) in [6.45, 7) is 9.18. The van der Waals surface area contributed by atoms with Gasteiger partial charge in [0.25, 0.3) is 0 Å². The van der Waals surface area contributed by atoms with Gasteiger partial charge < -0.3 is 10.2 Å². The van der Waals surface area contributed by atoms with Crippen LogP contribution in [-0.4, -0.2) is 34.8 Å². The lowest BCUT2D eigenvalue weighted by molar-refractivity contribution is -0.142. The van der Waals surface area contributed by atoms with Crippen LogP contribution < -0.4 is 5.32 Å². The Labute approximate surface area is 128 Å². The van der Waals surface area contributed by atoms with Gasteiger partial charge in [0.05, 0.1) is 0 Å². The van der Waals surface area contributed by atoms with Crippen molar-refractivity contribution in [3.05, 3.63) is 0 Å². The number of hydrogen-bond acceptors (Lipinski definition) is 2. The second-order valence-corrected chi connectivity index (χ2v) is 7.48. The number of rotatable bonds is 3. The molecule has 1 aliphatic heterocycles. The maximum atomic E-state index is 13.0. The van der Waals surface area contributed by atoms with Gasteiger partial charge in [-0.15, -0.1) is 0 Å². The van der Waals surface area contributed by atoms with Crippen molar-refractivity contribution in [2.75, 3.05) is 6.54 Å². The van der Waals surface area contributed by atoms with E-state index in [0.29, 0.717) is 37.3 Å². The van der Waals surface area contributed by atoms with Gasteiger partial charge in [-0.05, 0) is 43.9 Å². The molecule has 2 aliphatic rings. The van der Waals surface area contributed by atoms with Crippen LogP contribution in [0.15, 0.2) is 0 Å². The number of nitrogens with one attached hydrogen (secondary N) is 1. The minimum absolute atomic E-state index is 0.0192. The molecule has 120 valence electrons. The van der Waals surface area contributed by atoms with E-state index < -0.39 is 5.54 Å². The Morgan fingerprint density at radius 1 is 1.14 bits per heavy atom. The van der Waals surface area contributed by atoms with E-state index >= 15 is 0 Å². The number of carbonyl (C=O) groups excluding carboxylic acids is 2. The predicted octanol–water partition coefficient (Wildman–Crippen LogP) is 2.86. The van der Waals surface area contributed by atoms with Crippen molar-refractivity contribution < 1.29 is 9.59 Å². The Balaban J connectivity index is 2.18. The van der Waals surface area contributed by atoms with Crippen LogP contribution in [-0.2, 0) is 9.59 Å². The van der Waals surface area contributed by atoms with Crippen LogP contribution in [0.4, 0.5) is 0 Å².